The Morgan fingerprint density at radius 1 is 1.25 bits per heavy atom. The predicted molar refractivity (Wildman–Crippen MR) is 86.7 cm³/mol. The van der Waals surface area contributed by atoms with E-state index < -0.39 is 26.5 Å². The van der Waals surface area contributed by atoms with Gasteiger partial charge in [-0.05, 0) is 36.8 Å². The monoisotopic (exact) mass is 352 g/mol. The maximum Gasteiger partial charge on any atom is 0.295 e. The summed E-state index contributed by atoms with van der Waals surface area (Å²) >= 11 is 0. The average Bonchev–Trinajstić information content (AvgIpc) is 2.52. The van der Waals surface area contributed by atoms with Gasteiger partial charge in [-0.2, -0.15) is 5.10 Å². The van der Waals surface area contributed by atoms with Gasteiger partial charge in [0.15, 0.2) is 0 Å². The second-order valence-electron chi connectivity index (χ2n) is 4.80. The van der Waals surface area contributed by atoms with E-state index in [0.717, 1.165) is 12.1 Å². The number of hydrogen-bond acceptors (Lipinski definition) is 6. The Bertz CT molecular complexity index is 911. The van der Waals surface area contributed by atoms with Crippen molar-refractivity contribution in [3.8, 4) is 0 Å². The highest BCUT2D eigenvalue weighted by molar-refractivity contribution is 7.89. The number of primary sulfonamides is 1. The maximum atomic E-state index is 12.9. The Labute approximate surface area is 137 Å². The minimum Gasteiger partial charge on any atom is -0.271 e. The summed E-state index contributed by atoms with van der Waals surface area (Å²) in [5, 5.41) is 20.0. The minimum atomic E-state index is -4.06. The van der Waals surface area contributed by atoms with Gasteiger partial charge < -0.3 is 0 Å². The number of hydrazone groups is 1. The van der Waals surface area contributed by atoms with Crippen molar-refractivity contribution >= 4 is 27.1 Å². The van der Waals surface area contributed by atoms with Crippen LogP contribution < -0.4 is 10.6 Å². The zero-order valence-corrected chi connectivity index (χ0v) is 13.2. The molecular formula is C14H13FN4O4S. The van der Waals surface area contributed by atoms with Gasteiger partial charge in [0.2, 0.25) is 10.0 Å². The molecule has 0 aromatic heterocycles. The van der Waals surface area contributed by atoms with E-state index in [-0.39, 0.29) is 10.6 Å². The van der Waals surface area contributed by atoms with Crippen molar-refractivity contribution in [1.29, 1.82) is 0 Å². The largest absolute Gasteiger partial charge is 0.295 e. The fraction of sp³-hybridized carbons (Fsp3) is 0.0714. The van der Waals surface area contributed by atoms with Crippen LogP contribution in [0.2, 0.25) is 0 Å². The van der Waals surface area contributed by atoms with Crippen molar-refractivity contribution in [2.45, 2.75) is 11.8 Å². The Hall–Kier alpha value is -2.85. The molecule has 24 heavy (non-hydrogen) atoms. The summed E-state index contributed by atoms with van der Waals surface area (Å²) in [4.78, 5) is 9.97. The summed E-state index contributed by atoms with van der Waals surface area (Å²) in [5.41, 5.74) is 3.09. The van der Waals surface area contributed by atoms with E-state index in [9.17, 15) is 22.9 Å². The first kappa shape index (κ1) is 17.5. The third kappa shape index (κ3) is 4.12. The van der Waals surface area contributed by atoms with Crippen LogP contribution in [0.15, 0.2) is 52.5 Å². The first-order chi connectivity index (χ1) is 11.2. The smallest absolute Gasteiger partial charge is 0.271 e. The van der Waals surface area contributed by atoms with Crippen molar-refractivity contribution in [2.75, 3.05) is 5.43 Å². The number of nitro benzene ring substituents is 1. The zero-order chi connectivity index (χ0) is 17.9. The first-order valence-corrected chi connectivity index (χ1v) is 8.10. The Morgan fingerprint density at radius 3 is 2.42 bits per heavy atom. The number of halogens is 1. The second kappa shape index (κ2) is 6.72. The van der Waals surface area contributed by atoms with Crippen molar-refractivity contribution in [2.24, 2.45) is 10.2 Å². The number of nitrogens with one attached hydrogen (secondary N) is 1. The third-order valence-corrected chi connectivity index (χ3v) is 4.01. The molecule has 126 valence electrons. The summed E-state index contributed by atoms with van der Waals surface area (Å²) in [6.07, 6.45) is 0. The van der Waals surface area contributed by atoms with E-state index in [1.165, 1.54) is 30.3 Å². The fourth-order valence-corrected chi connectivity index (χ4v) is 2.37. The number of nitro groups is 1. The van der Waals surface area contributed by atoms with Gasteiger partial charge >= 0.3 is 0 Å². The lowest BCUT2D eigenvalue weighted by molar-refractivity contribution is -0.384. The highest BCUT2D eigenvalue weighted by Gasteiger charge is 2.19. The van der Waals surface area contributed by atoms with Crippen LogP contribution in [0.4, 0.5) is 15.8 Å². The van der Waals surface area contributed by atoms with Gasteiger partial charge in [-0.25, -0.2) is 17.9 Å². The van der Waals surface area contributed by atoms with Crippen molar-refractivity contribution < 1.29 is 17.7 Å². The number of hydrogen-bond donors (Lipinski definition) is 2. The van der Waals surface area contributed by atoms with Gasteiger partial charge in [-0.15, -0.1) is 0 Å². The number of nitrogens with two attached hydrogens (primary N) is 1. The van der Waals surface area contributed by atoms with E-state index in [1.54, 1.807) is 6.92 Å². The van der Waals surface area contributed by atoms with Crippen molar-refractivity contribution in [3.05, 3.63) is 64.0 Å². The molecule has 0 fully saturated rings. The van der Waals surface area contributed by atoms with E-state index >= 15 is 0 Å². The molecule has 3 N–H and O–H groups in total. The van der Waals surface area contributed by atoms with E-state index in [2.05, 4.69) is 10.5 Å². The molecule has 0 radical (unpaired) electrons. The quantitative estimate of drug-likeness (QED) is 0.484. The van der Waals surface area contributed by atoms with Crippen LogP contribution in [0, 0.1) is 15.9 Å². The molecule has 0 aliphatic carbocycles. The van der Waals surface area contributed by atoms with E-state index in [0.29, 0.717) is 11.3 Å². The lowest BCUT2D eigenvalue weighted by Crippen LogP contribution is -2.12. The third-order valence-electron chi connectivity index (χ3n) is 3.10. The highest BCUT2D eigenvalue weighted by Crippen LogP contribution is 2.27. The topological polar surface area (TPSA) is 128 Å². The summed E-state index contributed by atoms with van der Waals surface area (Å²) in [6.45, 7) is 1.63. The highest BCUT2D eigenvalue weighted by atomic mass is 32.2. The normalized spacial score (nSPS) is 12.0. The number of anilines is 1. The summed E-state index contributed by atoms with van der Waals surface area (Å²) < 4.78 is 35.4. The molecule has 0 saturated heterocycles. The standard InChI is InChI=1S/C14H13FN4O4S/c1-9(10-2-4-11(15)5-3-10)17-18-13-7-6-12(24(16,22)23)8-14(13)19(20)21/h2-8,18H,1H3,(H2,16,22,23)/b17-9+. The van der Waals surface area contributed by atoms with Gasteiger partial charge in [0, 0.05) is 6.07 Å². The molecule has 2 aromatic carbocycles. The minimum absolute atomic E-state index is 0.00568. The molecule has 0 aliphatic heterocycles. The Balaban J connectivity index is 2.33. The van der Waals surface area contributed by atoms with Crippen LogP contribution in [0.25, 0.3) is 0 Å². The Morgan fingerprint density at radius 2 is 1.88 bits per heavy atom. The Kier molecular flexibility index (Phi) is 4.90. The maximum absolute atomic E-state index is 12.9. The molecule has 0 heterocycles. The lowest BCUT2D eigenvalue weighted by Gasteiger charge is -2.06. The van der Waals surface area contributed by atoms with Crippen molar-refractivity contribution in [1.82, 2.24) is 0 Å². The van der Waals surface area contributed by atoms with Crippen LogP contribution >= 0.6 is 0 Å². The van der Waals surface area contributed by atoms with E-state index in [1.807, 2.05) is 0 Å². The molecule has 2 rings (SSSR count). The summed E-state index contributed by atoms with van der Waals surface area (Å²) in [6, 6.07) is 8.71. The molecule has 0 bridgehead atoms. The lowest BCUT2D eigenvalue weighted by atomic mass is 10.1. The zero-order valence-electron chi connectivity index (χ0n) is 12.4. The van der Waals surface area contributed by atoms with Gasteiger partial charge in [0.05, 0.1) is 15.5 Å². The molecule has 0 amide bonds. The molecule has 0 atom stereocenters. The summed E-state index contributed by atoms with van der Waals surface area (Å²) in [7, 11) is -4.06. The van der Waals surface area contributed by atoms with E-state index in [4.69, 9.17) is 5.14 Å². The first-order valence-electron chi connectivity index (χ1n) is 6.56. The molecular weight excluding hydrogens is 339 g/mol. The van der Waals surface area contributed by atoms with Gasteiger partial charge in [-0.3, -0.25) is 15.5 Å². The molecule has 0 aliphatic rings. The number of benzene rings is 2. The predicted octanol–water partition coefficient (Wildman–Crippen LogP) is 2.22. The van der Waals surface area contributed by atoms with Gasteiger partial charge in [0.25, 0.3) is 5.69 Å². The average molecular weight is 352 g/mol. The molecule has 0 spiro atoms. The van der Waals surface area contributed by atoms with Crippen LogP contribution in [0.1, 0.15) is 12.5 Å². The van der Waals surface area contributed by atoms with Gasteiger partial charge in [-0.1, -0.05) is 12.1 Å². The number of sulfonamides is 1. The summed E-state index contributed by atoms with van der Waals surface area (Å²) in [5.74, 6) is -0.395. The van der Waals surface area contributed by atoms with Crippen LogP contribution in [-0.4, -0.2) is 19.1 Å². The SMILES string of the molecule is C/C(=N\Nc1ccc(S(N)(=O)=O)cc1[N+](=O)[O-])c1ccc(F)cc1. The molecule has 10 heteroatoms. The molecule has 0 unspecified atom stereocenters. The molecule has 0 saturated carbocycles. The number of rotatable bonds is 5. The molecule has 8 nitrogen and oxygen atoms in total. The number of nitrogens with zero attached hydrogens (tertiary/aromatic N) is 2. The molecule has 2 aromatic rings. The second-order valence-corrected chi connectivity index (χ2v) is 6.36. The van der Waals surface area contributed by atoms with Gasteiger partial charge in [0.1, 0.15) is 11.5 Å². The van der Waals surface area contributed by atoms with Crippen molar-refractivity contribution in [3.63, 3.8) is 0 Å². The van der Waals surface area contributed by atoms with Crippen LogP contribution in [0.5, 0.6) is 0 Å². The van der Waals surface area contributed by atoms with Crippen LogP contribution in [0.3, 0.4) is 0 Å². The fourth-order valence-electron chi connectivity index (χ4n) is 1.83. The van der Waals surface area contributed by atoms with Crippen LogP contribution in [-0.2, 0) is 10.0 Å².